The molecule has 1 saturated heterocycles. The van der Waals surface area contributed by atoms with Gasteiger partial charge in [-0.15, -0.1) is 0 Å². The summed E-state index contributed by atoms with van der Waals surface area (Å²) in [5.41, 5.74) is 2.33. The highest BCUT2D eigenvalue weighted by Crippen LogP contribution is 2.65. The molecular formula is C24H25NO5. The van der Waals surface area contributed by atoms with Crippen LogP contribution in [0.15, 0.2) is 30.4 Å². The number of allylic oxidation sites excluding steroid dienone is 2. The summed E-state index contributed by atoms with van der Waals surface area (Å²) in [5, 5.41) is 0. The molecule has 0 spiro atoms. The SMILES string of the molecule is Cc1ccc(C)c(C(=O)COC(=O)CCN2C(=O)[C@@H]3[C@@H]4C=C[C@@H]([C@H]5C[C@H]45)[C@@H]3C2=O)c1. The van der Waals surface area contributed by atoms with Gasteiger partial charge in [0.15, 0.2) is 6.61 Å². The van der Waals surface area contributed by atoms with Crippen molar-refractivity contribution in [3.8, 4) is 0 Å². The van der Waals surface area contributed by atoms with Crippen LogP contribution in [0.2, 0.25) is 0 Å². The van der Waals surface area contributed by atoms with Gasteiger partial charge in [0, 0.05) is 12.1 Å². The zero-order valence-corrected chi connectivity index (χ0v) is 17.2. The molecule has 0 radical (unpaired) electrons. The summed E-state index contributed by atoms with van der Waals surface area (Å²) in [7, 11) is 0. The zero-order chi connectivity index (χ0) is 21.2. The lowest BCUT2D eigenvalue weighted by molar-refractivity contribution is -0.145. The second-order valence-electron chi connectivity index (χ2n) is 9.13. The molecule has 0 N–H and O–H groups in total. The van der Waals surface area contributed by atoms with Crippen molar-refractivity contribution >= 4 is 23.6 Å². The quantitative estimate of drug-likeness (QED) is 0.313. The van der Waals surface area contributed by atoms with Gasteiger partial charge in [-0.1, -0.05) is 29.8 Å². The molecular weight excluding hydrogens is 382 g/mol. The maximum absolute atomic E-state index is 12.9. The van der Waals surface area contributed by atoms with Crippen LogP contribution < -0.4 is 0 Å². The van der Waals surface area contributed by atoms with Crippen LogP contribution >= 0.6 is 0 Å². The van der Waals surface area contributed by atoms with E-state index in [1.54, 1.807) is 6.07 Å². The molecule has 6 rings (SSSR count). The first kappa shape index (κ1) is 19.2. The minimum atomic E-state index is -0.576. The molecule has 2 bridgehead atoms. The number of hydrogen-bond acceptors (Lipinski definition) is 5. The number of likely N-dealkylation sites (tertiary alicyclic amines) is 1. The van der Waals surface area contributed by atoms with Crippen LogP contribution in [0.1, 0.15) is 34.3 Å². The van der Waals surface area contributed by atoms with Crippen molar-refractivity contribution in [2.45, 2.75) is 26.7 Å². The minimum Gasteiger partial charge on any atom is -0.457 e. The molecule has 1 aromatic carbocycles. The molecule has 5 aliphatic rings. The number of carbonyl (C=O) groups is 4. The van der Waals surface area contributed by atoms with Gasteiger partial charge in [0.2, 0.25) is 17.6 Å². The van der Waals surface area contributed by atoms with Crippen LogP contribution in [-0.2, 0) is 19.1 Å². The van der Waals surface area contributed by atoms with E-state index in [4.69, 9.17) is 4.74 Å². The number of imide groups is 1. The van der Waals surface area contributed by atoms with E-state index in [1.807, 2.05) is 26.0 Å². The third kappa shape index (κ3) is 2.92. The Morgan fingerprint density at radius 2 is 1.67 bits per heavy atom. The number of aryl methyl sites for hydroxylation is 2. The van der Waals surface area contributed by atoms with Crippen LogP contribution in [0.3, 0.4) is 0 Å². The third-order valence-corrected chi connectivity index (χ3v) is 7.35. The van der Waals surface area contributed by atoms with Crippen molar-refractivity contribution < 1.29 is 23.9 Å². The van der Waals surface area contributed by atoms with Gasteiger partial charge in [0.1, 0.15) is 0 Å². The lowest BCUT2D eigenvalue weighted by Crippen LogP contribution is -2.40. The van der Waals surface area contributed by atoms with Gasteiger partial charge in [0.05, 0.1) is 18.3 Å². The van der Waals surface area contributed by atoms with Gasteiger partial charge in [0.25, 0.3) is 0 Å². The number of benzene rings is 1. The van der Waals surface area contributed by atoms with Crippen molar-refractivity contribution in [1.29, 1.82) is 0 Å². The highest BCUT2D eigenvalue weighted by molar-refractivity contribution is 6.06. The fourth-order valence-electron chi connectivity index (χ4n) is 5.77. The lowest BCUT2D eigenvalue weighted by atomic mass is 9.63. The summed E-state index contributed by atoms with van der Waals surface area (Å²) in [6, 6.07) is 5.56. The van der Waals surface area contributed by atoms with Crippen LogP contribution in [0.25, 0.3) is 0 Å². The molecule has 30 heavy (non-hydrogen) atoms. The van der Waals surface area contributed by atoms with Gasteiger partial charge in [-0.25, -0.2) is 0 Å². The fourth-order valence-corrected chi connectivity index (χ4v) is 5.77. The molecule has 6 nitrogen and oxygen atoms in total. The number of amides is 2. The maximum Gasteiger partial charge on any atom is 0.308 e. The molecule has 3 fully saturated rings. The van der Waals surface area contributed by atoms with Crippen LogP contribution in [0.4, 0.5) is 0 Å². The summed E-state index contributed by atoms with van der Waals surface area (Å²) in [4.78, 5) is 51.6. The normalized spacial score (nSPS) is 32.8. The molecule has 6 atom stereocenters. The average molecular weight is 407 g/mol. The molecule has 1 aromatic rings. The molecule has 1 aliphatic heterocycles. The molecule has 6 heteroatoms. The van der Waals surface area contributed by atoms with E-state index in [-0.39, 0.29) is 60.8 Å². The number of hydrogen-bond donors (Lipinski definition) is 0. The van der Waals surface area contributed by atoms with E-state index in [0.29, 0.717) is 17.4 Å². The van der Waals surface area contributed by atoms with Crippen LogP contribution in [0, 0.1) is 49.4 Å². The highest BCUT2D eigenvalue weighted by atomic mass is 16.5. The molecule has 2 amide bonds. The summed E-state index contributed by atoms with van der Waals surface area (Å²) >= 11 is 0. The Kier molecular flexibility index (Phi) is 4.42. The Morgan fingerprint density at radius 3 is 2.30 bits per heavy atom. The first-order chi connectivity index (χ1) is 14.4. The topological polar surface area (TPSA) is 80.8 Å². The number of carbonyl (C=O) groups excluding carboxylic acids is 4. The van der Waals surface area contributed by atoms with Gasteiger partial charge in [-0.3, -0.25) is 24.1 Å². The van der Waals surface area contributed by atoms with Gasteiger partial charge in [-0.2, -0.15) is 0 Å². The Morgan fingerprint density at radius 1 is 1.03 bits per heavy atom. The first-order valence-electron chi connectivity index (χ1n) is 10.7. The smallest absolute Gasteiger partial charge is 0.308 e. The monoisotopic (exact) mass is 407 g/mol. The third-order valence-electron chi connectivity index (χ3n) is 7.35. The predicted octanol–water partition coefficient (Wildman–Crippen LogP) is 2.47. The molecule has 0 aromatic heterocycles. The van der Waals surface area contributed by atoms with Crippen molar-refractivity contribution in [3.63, 3.8) is 0 Å². The summed E-state index contributed by atoms with van der Waals surface area (Å²) in [6.07, 6.45) is 5.28. The molecule has 2 saturated carbocycles. The largest absolute Gasteiger partial charge is 0.457 e. The fraction of sp³-hybridized carbons (Fsp3) is 0.500. The zero-order valence-electron chi connectivity index (χ0n) is 17.2. The number of esters is 1. The molecule has 1 heterocycles. The Hall–Kier alpha value is -2.76. The lowest BCUT2D eigenvalue weighted by Gasteiger charge is -2.37. The molecule has 156 valence electrons. The van der Waals surface area contributed by atoms with Gasteiger partial charge in [-0.05, 0) is 55.6 Å². The second kappa shape index (κ2) is 6.89. The van der Waals surface area contributed by atoms with E-state index in [0.717, 1.165) is 17.5 Å². The Labute approximate surface area is 175 Å². The first-order valence-corrected chi connectivity index (χ1v) is 10.7. The summed E-state index contributed by atoms with van der Waals surface area (Å²) in [5.74, 6) is -0.168. The number of nitrogens with zero attached hydrogens (tertiary/aromatic N) is 1. The van der Waals surface area contributed by atoms with Crippen molar-refractivity contribution in [3.05, 3.63) is 47.0 Å². The predicted molar refractivity (Wildman–Crippen MR) is 107 cm³/mol. The number of ether oxygens (including phenoxy) is 1. The average Bonchev–Trinajstić information content (AvgIpc) is 3.51. The van der Waals surface area contributed by atoms with Crippen molar-refractivity contribution in [2.75, 3.05) is 13.2 Å². The number of rotatable bonds is 6. The van der Waals surface area contributed by atoms with E-state index >= 15 is 0 Å². The standard InChI is InChI=1S/C24H25NO5/c1-12-3-4-13(2)16(9-12)19(26)11-30-20(27)7-8-25-23(28)21-14-5-6-15(18-10-17(14)18)22(21)24(25)29/h3-6,9,14-15,17-18,21-22H,7-8,10-11H2,1-2H3/t14-,15+,17-,18-,21-,22+/m1/s1. The molecule has 4 aliphatic carbocycles. The van der Waals surface area contributed by atoms with Gasteiger partial charge < -0.3 is 4.74 Å². The van der Waals surface area contributed by atoms with Crippen molar-refractivity contribution in [2.24, 2.45) is 35.5 Å². The summed E-state index contributed by atoms with van der Waals surface area (Å²) < 4.78 is 5.13. The Bertz CT molecular complexity index is 959. The molecule has 0 unspecified atom stereocenters. The minimum absolute atomic E-state index is 0.0237. The van der Waals surface area contributed by atoms with Crippen LogP contribution in [-0.4, -0.2) is 41.6 Å². The number of ketones is 1. The highest BCUT2D eigenvalue weighted by Gasteiger charge is 2.66. The number of Topliss-reactive ketones (excluding diaryl/α,β-unsaturated/α-hetero) is 1. The maximum atomic E-state index is 12.9. The van der Waals surface area contributed by atoms with Gasteiger partial charge >= 0.3 is 5.97 Å². The van der Waals surface area contributed by atoms with E-state index in [1.165, 1.54) is 4.90 Å². The summed E-state index contributed by atoms with van der Waals surface area (Å²) in [6.45, 7) is 3.42. The van der Waals surface area contributed by atoms with E-state index in [2.05, 4.69) is 12.2 Å². The Balaban J connectivity index is 1.17. The van der Waals surface area contributed by atoms with Crippen molar-refractivity contribution in [1.82, 2.24) is 4.90 Å². The van der Waals surface area contributed by atoms with E-state index < -0.39 is 5.97 Å². The second-order valence-corrected chi connectivity index (χ2v) is 9.13. The van der Waals surface area contributed by atoms with Crippen LogP contribution in [0.5, 0.6) is 0 Å². The van der Waals surface area contributed by atoms with E-state index in [9.17, 15) is 19.2 Å².